The molecule has 1 aliphatic rings. The van der Waals surface area contributed by atoms with Gasteiger partial charge in [-0.25, -0.2) is 14.8 Å². The lowest BCUT2D eigenvalue weighted by atomic mass is 10.0. The number of amides is 3. The molecule has 0 aliphatic carbocycles. The molecule has 2 heterocycles. The molecule has 11 nitrogen and oxygen atoms in total. The van der Waals surface area contributed by atoms with Gasteiger partial charge in [0.15, 0.2) is 0 Å². The third-order valence-electron chi connectivity index (χ3n) is 9.21. The maximum absolute atomic E-state index is 13.6. The highest BCUT2D eigenvalue weighted by Gasteiger charge is 2.28. The minimum atomic E-state index is -0.501. The Morgan fingerprint density at radius 1 is 0.830 bits per heavy atom. The molecule has 1 radical (unpaired) electrons. The molecule has 1 aromatic heterocycles. The number of piperidine rings is 1. The lowest BCUT2D eigenvalue weighted by molar-refractivity contribution is -0.132. The number of benzene rings is 3. The molecular formula is C42H52N5O6. The Hall–Kier alpha value is -5.13. The monoisotopic (exact) mass is 722 g/mol. The van der Waals surface area contributed by atoms with Crippen LogP contribution in [0.15, 0.2) is 102 Å². The second-order valence-corrected chi connectivity index (χ2v) is 13.3. The third-order valence-corrected chi connectivity index (χ3v) is 9.21. The van der Waals surface area contributed by atoms with Crippen LogP contribution in [0.4, 0.5) is 10.5 Å². The quantitative estimate of drug-likeness (QED) is 0.0991. The average molecular weight is 723 g/mol. The van der Waals surface area contributed by atoms with Gasteiger partial charge in [-0.05, 0) is 87.0 Å². The van der Waals surface area contributed by atoms with E-state index in [0.29, 0.717) is 52.2 Å². The number of nitrogens with zero attached hydrogens (tertiary/aromatic N) is 4. The molecule has 0 bridgehead atoms. The van der Waals surface area contributed by atoms with E-state index in [1.807, 2.05) is 95.8 Å². The van der Waals surface area contributed by atoms with Crippen LogP contribution in [-0.2, 0) is 27.4 Å². The third kappa shape index (κ3) is 12.5. The minimum Gasteiger partial charge on any atom is -0.508 e. The molecule has 53 heavy (non-hydrogen) atoms. The topological polar surface area (TPSA) is 119 Å². The summed E-state index contributed by atoms with van der Waals surface area (Å²) in [5.41, 5.74) is 3.63. The van der Waals surface area contributed by atoms with Gasteiger partial charge in [-0.3, -0.25) is 14.5 Å². The molecule has 0 spiro atoms. The maximum Gasteiger partial charge on any atom is 0.429 e. The Balaban J connectivity index is 1.05. The second kappa shape index (κ2) is 20.8. The second-order valence-electron chi connectivity index (χ2n) is 13.3. The number of ether oxygens (including phenoxy) is 1. The number of phenolic OH excluding ortho intramolecular Hbond substituents is 1. The molecule has 281 valence electrons. The van der Waals surface area contributed by atoms with Crippen molar-refractivity contribution in [2.24, 2.45) is 0 Å². The first-order valence-corrected chi connectivity index (χ1v) is 18.6. The number of hydrogen-bond acceptors (Lipinski definition) is 8. The Bertz CT molecular complexity index is 1690. The number of furan rings is 1. The van der Waals surface area contributed by atoms with Crippen LogP contribution in [0.2, 0.25) is 0 Å². The number of nitrogens with one attached hydrogen (secondary N) is 1. The first-order valence-electron chi connectivity index (χ1n) is 18.6. The zero-order valence-electron chi connectivity index (χ0n) is 30.7. The Morgan fingerprint density at radius 2 is 1.58 bits per heavy atom. The normalized spacial score (nSPS) is 13.1. The van der Waals surface area contributed by atoms with E-state index in [0.717, 1.165) is 60.2 Å². The average Bonchev–Trinajstić information content (AvgIpc) is 3.69. The van der Waals surface area contributed by atoms with E-state index >= 15 is 0 Å². The van der Waals surface area contributed by atoms with Gasteiger partial charge in [0.2, 0.25) is 11.8 Å². The van der Waals surface area contributed by atoms with Gasteiger partial charge in [-0.2, -0.15) is 0 Å². The summed E-state index contributed by atoms with van der Waals surface area (Å²) in [4.78, 5) is 43.5. The molecule has 3 aromatic carbocycles. The van der Waals surface area contributed by atoms with Crippen LogP contribution in [0.3, 0.4) is 0 Å². The van der Waals surface area contributed by atoms with Crippen molar-refractivity contribution in [1.29, 1.82) is 0 Å². The van der Waals surface area contributed by atoms with E-state index in [2.05, 4.69) is 16.6 Å². The highest BCUT2D eigenvalue weighted by Crippen LogP contribution is 2.33. The van der Waals surface area contributed by atoms with Crippen LogP contribution in [0.1, 0.15) is 56.3 Å². The van der Waals surface area contributed by atoms with Gasteiger partial charge in [0.1, 0.15) is 18.1 Å². The van der Waals surface area contributed by atoms with Crippen molar-refractivity contribution in [2.45, 2.75) is 58.0 Å². The summed E-state index contributed by atoms with van der Waals surface area (Å²) >= 11 is 0. The fraction of sp³-hybridized carbons (Fsp3) is 0.381. The molecule has 0 saturated carbocycles. The largest absolute Gasteiger partial charge is 0.508 e. The van der Waals surface area contributed by atoms with Crippen molar-refractivity contribution in [2.75, 3.05) is 51.4 Å². The standard InChI is InChI=1S/C42H52N5O6/c1-44(33-37-16-13-30-52-37)29-23-41(50)45(32-34-19-21-36(48)22-20-34)26-10-3-9-25-43-40(49)24-31-53-42(51)47(46-27-11-4-12-28-46)39-18-8-7-17-38(39)35-14-5-2-6-15-35/h2,4-8,13-22,30,48H,3,9-12,23-29,31-33H2,1H3,(H,43,49). The fourth-order valence-electron chi connectivity index (χ4n) is 6.34. The summed E-state index contributed by atoms with van der Waals surface area (Å²) in [6, 6.07) is 28.5. The predicted molar refractivity (Wildman–Crippen MR) is 205 cm³/mol. The summed E-state index contributed by atoms with van der Waals surface area (Å²) in [5.74, 6) is 0.930. The van der Waals surface area contributed by atoms with Gasteiger partial charge < -0.3 is 24.5 Å². The van der Waals surface area contributed by atoms with E-state index in [1.54, 1.807) is 23.4 Å². The first-order chi connectivity index (χ1) is 25.9. The molecule has 1 saturated heterocycles. The van der Waals surface area contributed by atoms with Crippen LogP contribution in [0, 0.1) is 6.42 Å². The van der Waals surface area contributed by atoms with Crippen molar-refractivity contribution in [1.82, 2.24) is 20.1 Å². The zero-order chi connectivity index (χ0) is 37.3. The maximum atomic E-state index is 13.6. The molecule has 1 aliphatic heterocycles. The van der Waals surface area contributed by atoms with Crippen molar-refractivity contribution in [3.05, 3.63) is 115 Å². The fourth-order valence-corrected chi connectivity index (χ4v) is 6.34. The van der Waals surface area contributed by atoms with Gasteiger partial charge in [0.25, 0.3) is 0 Å². The number of hydrogen-bond donors (Lipinski definition) is 2. The Morgan fingerprint density at radius 3 is 2.34 bits per heavy atom. The predicted octanol–water partition coefficient (Wildman–Crippen LogP) is 7.04. The van der Waals surface area contributed by atoms with Crippen LogP contribution >= 0.6 is 0 Å². The van der Waals surface area contributed by atoms with E-state index in [9.17, 15) is 19.5 Å². The Kier molecular flexibility index (Phi) is 15.3. The lowest BCUT2D eigenvalue weighted by Crippen LogP contribution is -2.50. The number of carbonyl (C=O) groups is 3. The number of aromatic hydroxyl groups is 1. The number of rotatable bonds is 19. The van der Waals surface area contributed by atoms with Crippen molar-refractivity contribution in [3.63, 3.8) is 0 Å². The Labute approximate surface area is 313 Å². The van der Waals surface area contributed by atoms with Gasteiger partial charge in [0, 0.05) is 51.3 Å². The van der Waals surface area contributed by atoms with Crippen molar-refractivity contribution in [3.8, 4) is 16.9 Å². The summed E-state index contributed by atoms with van der Waals surface area (Å²) in [6.45, 7) is 4.15. The van der Waals surface area contributed by atoms with E-state index < -0.39 is 6.09 Å². The molecule has 5 rings (SSSR count). The van der Waals surface area contributed by atoms with E-state index in [4.69, 9.17) is 9.15 Å². The molecule has 0 unspecified atom stereocenters. The SMILES string of the molecule is CN(CCC(=O)N(CCCCCNC(=O)CCOC(=O)N(c1ccccc1-c1ccccc1)N1CC[CH]CC1)Cc1ccc(O)cc1)Cc1ccco1. The van der Waals surface area contributed by atoms with Crippen LogP contribution in [-0.4, -0.2) is 84.2 Å². The summed E-state index contributed by atoms with van der Waals surface area (Å²) in [7, 11) is 1.97. The molecule has 1 fully saturated rings. The van der Waals surface area contributed by atoms with Gasteiger partial charge in [-0.15, -0.1) is 0 Å². The lowest BCUT2D eigenvalue weighted by Gasteiger charge is -2.37. The van der Waals surface area contributed by atoms with Crippen LogP contribution in [0.5, 0.6) is 5.75 Å². The zero-order valence-corrected chi connectivity index (χ0v) is 30.7. The van der Waals surface area contributed by atoms with Crippen LogP contribution < -0.4 is 10.3 Å². The molecular weight excluding hydrogens is 670 g/mol. The van der Waals surface area contributed by atoms with E-state index in [-0.39, 0.29) is 30.6 Å². The molecule has 3 amide bonds. The van der Waals surface area contributed by atoms with E-state index in [1.165, 1.54) is 0 Å². The number of carbonyl (C=O) groups excluding carboxylic acids is 3. The van der Waals surface area contributed by atoms with Crippen molar-refractivity contribution >= 4 is 23.6 Å². The smallest absolute Gasteiger partial charge is 0.429 e. The molecule has 11 heteroatoms. The molecule has 2 N–H and O–H groups in total. The minimum absolute atomic E-state index is 0.0281. The van der Waals surface area contributed by atoms with Gasteiger partial charge in [0.05, 0.1) is 24.9 Å². The summed E-state index contributed by atoms with van der Waals surface area (Å²) in [5, 5.41) is 16.3. The summed E-state index contributed by atoms with van der Waals surface area (Å²) in [6.07, 6.45) is 7.94. The van der Waals surface area contributed by atoms with Gasteiger partial charge >= 0.3 is 6.09 Å². The number of anilines is 1. The number of unbranched alkanes of at least 4 members (excludes halogenated alkanes) is 2. The highest BCUT2D eigenvalue weighted by molar-refractivity contribution is 5.93. The number of phenols is 1. The first kappa shape index (κ1) is 39.1. The van der Waals surface area contributed by atoms with Crippen molar-refractivity contribution < 1.29 is 28.6 Å². The molecule has 4 aromatic rings. The summed E-state index contributed by atoms with van der Waals surface area (Å²) < 4.78 is 11.1. The number of para-hydroxylation sites is 1. The number of hydrazine groups is 1. The van der Waals surface area contributed by atoms with Gasteiger partial charge in [-0.1, -0.05) is 60.7 Å². The molecule has 0 atom stereocenters. The van der Waals surface area contributed by atoms with Crippen LogP contribution in [0.25, 0.3) is 11.1 Å². The highest BCUT2D eigenvalue weighted by atomic mass is 16.6.